The van der Waals surface area contributed by atoms with E-state index in [1.165, 1.54) is 42.5 Å². The van der Waals surface area contributed by atoms with Crippen molar-refractivity contribution in [1.29, 1.82) is 0 Å². The number of imide groups is 1. The first kappa shape index (κ1) is 21.3. The fourth-order valence-electron chi connectivity index (χ4n) is 3.33. The maximum Gasteiger partial charge on any atom is 0.261 e. The summed E-state index contributed by atoms with van der Waals surface area (Å²) in [4.78, 5) is 26.2. The van der Waals surface area contributed by atoms with Gasteiger partial charge in [-0.15, -0.1) is 0 Å². The van der Waals surface area contributed by atoms with E-state index in [4.69, 9.17) is 4.74 Å². The predicted molar refractivity (Wildman–Crippen MR) is 109 cm³/mol. The highest BCUT2D eigenvalue weighted by atomic mass is 19.1. The number of hydrogen-bond donors (Lipinski definition) is 0. The lowest BCUT2D eigenvalue weighted by atomic mass is 10.0. The molecular formula is C24H21F2NO3. The lowest BCUT2D eigenvalue weighted by Crippen LogP contribution is -2.35. The molecule has 0 atom stereocenters. The van der Waals surface area contributed by atoms with Gasteiger partial charge in [-0.25, -0.2) is 8.78 Å². The second kappa shape index (κ2) is 9.41. The van der Waals surface area contributed by atoms with Gasteiger partial charge in [-0.2, -0.15) is 0 Å². The highest BCUT2D eigenvalue weighted by Crippen LogP contribution is 2.28. The normalized spacial score (nSPS) is 14.5. The van der Waals surface area contributed by atoms with Crippen molar-refractivity contribution in [2.75, 3.05) is 13.2 Å². The predicted octanol–water partition coefficient (Wildman–Crippen LogP) is 4.50. The van der Waals surface area contributed by atoms with E-state index in [9.17, 15) is 18.4 Å². The topological polar surface area (TPSA) is 46.6 Å². The third-order valence-corrected chi connectivity index (χ3v) is 4.68. The molecule has 4 nitrogen and oxygen atoms in total. The van der Waals surface area contributed by atoms with E-state index < -0.39 is 29.6 Å². The van der Waals surface area contributed by atoms with Gasteiger partial charge >= 0.3 is 0 Å². The lowest BCUT2D eigenvalue weighted by molar-refractivity contribution is -0.138. The number of halogens is 2. The monoisotopic (exact) mass is 409 g/mol. The number of benzene rings is 2. The molecular weight excluding hydrogens is 388 g/mol. The van der Waals surface area contributed by atoms with Crippen LogP contribution in [0.5, 0.6) is 0 Å². The van der Waals surface area contributed by atoms with Crippen LogP contribution in [-0.4, -0.2) is 29.9 Å². The number of rotatable bonds is 8. The Labute approximate surface area is 173 Å². The Morgan fingerprint density at radius 1 is 1.00 bits per heavy atom. The van der Waals surface area contributed by atoms with E-state index in [0.29, 0.717) is 11.1 Å². The van der Waals surface area contributed by atoms with Crippen molar-refractivity contribution >= 4 is 11.8 Å². The van der Waals surface area contributed by atoms with Crippen LogP contribution in [0.15, 0.2) is 84.5 Å². The summed E-state index contributed by atoms with van der Waals surface area (Å²) in [7, 11) is 0. The summed E-state index contributed by atoms with van der Waals surface area (Å²) in [6.07, 6.45) is 3.85. The minimum absolute atomic E-state index is 0.00279. The highest BCUT2D eigenvalue weighted by molar-refractivity contribution is 6.21. The molecule has 2 aromatic rings. The van der Waals surface area contributed by atoms with Crippen molar-refractivity contribution in [3.8, 4) is 0 Å². The van der Waals surface area contributed by atoms with Crippen LogP contribution < -0.4 is 0 Å². The molecule has 0 bridgehead atoms. The summed E-state index contributed by atoms with van der Waals surface area (Å²) in [5.41, 5.74) is 1.52. The van der Waals surface area contributed by atoms with Crippen LogP contribution in [0.3, 0.4) is 0 Å². The zero-order valence-corrected chi connectivity index (χ0v) is 16.5. The molecule has 0 fully saturated rings. The molecule has 0 saturated heterocycles. The molecule has 0 radical (unpaired) electrons. The van der Waals surface area contributed by atoms with Gasteiger partial charge in [-0.05, 0) is 42.3 Å². The fraction of sp³-hybridized carbons (Fsp3) is 0.167. The van der Waals surface area contributed by atoms with Gasteiger partial charge in [-0.1, -0.05) is 49.1 Å². The molecule has 1 aliphatic heterocycles. The molecule has 0 N–H and O–H groups in total. The summed E-state index contributed by atoms with van der Waals surface area (Å²) in [6, 6.07) is 11.7. The van der Waals surface area contributed by atoms with Gasteiger partial charge in [0.15, 0.2) is 0 Å². The van der Waals surface area contributed by atoms with Crippen molar-refractivity contribution < 1.29 is 23.1 Å². The van der Waals surface area contributed by atoms with E-state index in [1.807, 2.05) is 0 Å². The molecule has 0 saturated carbocycles. The largest absolute Gasteiger partial charge is 0.367 e. The van der Waals surface area contributed by atoms with Gasteiger partial charge in [0.2, 0.25) is 0 Å². The van der Waals surface area contributed by atoms with Crippen molar-refractivity contribution in [1.82, 2.24) is 4.90 Å². The molecule has 2 aromatic carbocycles. The molecule has 6 heteroatoms. The Bertz CT molecular complexity index is 997. The first-order chi connectivity index (χ1) is 14.5. The SMILES string of the molecule is C=CC1=C(/C=C\C)C(=O)N(CCOC(c2cccc(F)c2)c2cccc(F)c2)C1=O. The van der Waals surface area contributed by atoms with E-state index in [1.54, 1.807) is 31.2 Å². The molecule has 0 aromatic heterocycles. The van der Waals surface area contributed by atoms with Crippen LogP contribution in [-0.2, 0) is 14.3 Å². The number of hydrogen-bond acceptors (Lipinski definition) is 3. The molecule has 2 amide bonds. The minimum atomic E-state index is -0.758. The Hall–Kier alpha value is -3.38. The summed E-state index contributed by atoms with van der Waals surface area (Å²) in [5.74, 6) is -1.76. The number of carbonyl (C=O) groups excluding carboxylic acids is 2. The summed E-state index contributed by atoms with van der Waals surface area (Å²) in [5, 5.41) is 0. The third kappa shape index (κ3) is 4.44. The number of ether oxygens (including phenoxy) is 1. The second-order valence-electron chi connectivity index (χ2n) is 6.65. The quantitative estimate of drug-likeness (QED) is 0.603. The Morgan fingerprint density at radius 2 is 1.57 bits per heavy atom. The highest BCUT2D eigenvalue weighted by Gasteiger charge is 2.35. The van der Waals surface area contributed by atoms with Crippen LogP contribution in [0.1, 0.15) is 24.2 Å². The molecule has 154 valence electrons. The number of nitrogens with zero attached hydrogens (tertiary/aromatic N) is 1. The van der Waals surface area contributed by atoms with Gasteiger partial charge < -0.3 is 4.74 Å². The zero-order valence-electron chi connectivity index (χ0n) is 16.5. The fourth-order valence-corrected chi connectivity index (χ4v) is 3.33. The van der Waals surface area contributed by atoms with Gasteiger partial charge in [0.05, 0.1) is 24.3 Å². The van der Waals surface area contributed by atoms with E-state index in [2.05, 4.69) is 6.58 Å². The zero-order chi connectivity index (χ0) is 21.7. The maximum absolute atomic E-state index is 13.7. The Kier molecular flexibility index (Phi) is 6.69. The average molecular weight is 409 g/mol. The molecule has 3 rings (SSSR count). The van der Waals surface area contributed by atoms with Gasteiger partial charge in [0, 0.05) is 0 Å². The first-order valence-corrected chi connectivity index (χ1v) is 9.44. The van der Waals surface area contributed by atoms with Gasteiger partial charge in [0.1, 0.15) is 17.7 Å². The number of amides is 2. The van der Waals surface area contributed by atoms with Crippen molar-refractivity contribution in [3.63, 3.8) is 0 Å². The van der Waals surface area contributed by atoms with Crippen molar-refractivity contribution in [2.24, 2.45) is 0 Å². The third-order valence-electron chi connectivity index (χ3n) is 4.68. The van der Waals surface area contributed by atoms with Gasteiger partial charge in [-0.3, -0.25) is 14.5 Å². The second-order valence-corrected chi connectivity index (χ2v) is 6.65. The molecule has 1 heterocycles. The summed E-state index contributed by atoms with van der Waals surface area (Å²) < 4.78 is 33.4. The standard InChI is InChI=1S/C24H21F2NO3/c1-3-7-21-20(4-2)23(28)27(24(21)29)12-13-30-22(16-8-5-10-18(25)14-16)17-9-6-11-19(26)15-17/h3-11,14-15,22H,2,12-13H2,1H3/b7-3-. The lowest BCUT2D eigenvalue weighted by Gasteiger charge is -2.21. The van der Waals surface area contributed by atoms with Crippen LogP contribution >= 0.6 is 0 Å². The van der Waals surface area contributed by atoms with Crippen LogP contribution in [0.25, 0.3) is 0 Å². The number of carbonyl (C=O) groups is 2. The van der Waals surface area contributed by atoms with E-state index in [0.717, 1.165) is 4.90 Å². The molecule has 0 spiro atoms. The minimum Gasteiger partial charge on any atom is -0.367 e. The molecule has 30 heavy (non-hydrogen) atoms. The van der Waals surface area contributed by atoms with Crippen LogP contribution in [0, 0.1) is 11.6 Å². The van der Waals surface area contributed by atoms with E-state index >= 15 is 0 Å². The average Bonchev–Trinajstić information content (AvgIpc) is 2.95. The van der Waals surface area contributed by atoms with Gasteiger partial charge in [0.25, 0.3) is 11.8 Å². The van der Waals surface area contributed by atoms with Crippen LogP contribution in [0.2, 0.25) is 0 Å². The first-order valence-electron chi connectivity index (χ1n) is 9.44. The Morgan fingerprint density at radius 3 is 2.07 bits per heavy atom. The molecule has 0 aliphatic carbocycles. The number of allylic oxidation sites excluding steroid dienone is 1. The van der Waals surface area contributed by atoms with E-state index in [-0.39, 0.29) is 24.3 Å². The Balaban J connectivity index is 1.78. The smallest absolute Gasteiger partial charge is 0.261 e. The van der Waals surface area contributed by atoms with Crippen molar-refractivity contribution in [2.45, 2.75) is 13.0 Å². The summed E-state index contributed by atoms with van der Waals surface area (Å²) in [6.45, 7) is 5.34. The van der Waals surface area contributed by atoms with Crippen LogP contribution in [0.4, 0.5) is 8.78 Å². The summed E-state index contributed by atoms with van der Waals surface area (Å²) >= 11 is 0. The molecule has 1 aliphatic rings. The van der Waals surface area contributed by atoms with Crippen molar-refractivity contribution in [3.05, 3.63) is 107 Å². The molecule has 0 unspecified atom stereocenters. The maximum atomic E-state index is 13.7.